The minimum Gasteiger partial charge on any atom is -0.452 e. The normalized spacial score (nSPS) is 27.2. The van der Waals surface area contributed by atoms with Gasteiger partial charge in [0.05, 0.1) is 6.42 Å². The van der Waals surface area contributed by atoms with E-state index in [-0.39, 0.29) is 30.2 Å². The number of anilines is 1. The molecule has 1 atom stereocenters. The smallest absolute Gasteiger partial charge is 0.308 e. The predicted molar refractivity (Wildman–Crippen MR) is 134 cm³/mol. The molecule has 184 valence electrons. The van der Waals surface area contributed by atoms with Crippen LogP contribution in [0.4, 0.5) is 5.69 Å². The first kappa shape index (κ1) is 23.6. The molecule has 4 saturated carbocycles. The van der Waals surface area contributed by atoms with Gasteiger partial charge in [-0.05, 0) is 74.8 Å². The van der Waals surface area contributed by atoms with E-state index in [1.54, 1.807) is 6.92 Å². The molecule has 2 amide bonds. The van der Waals surface area contributed by atoms with Crippen LogP contribution < -0.4 is 10.6 Å². The molecule has 6 heteroatoms. The van der Waals surface area contributed by atoms with E-state index in [2.05, 4.69) is 10.6 Å². The number of nitrogens with one attached hydrogen (secondary N) is 2. The molecule has 0 spiro atoms. The molecule has 4 fully saturated rings. The summed E-state index contributed by atoms with van der Waals surface area (Å²) < 4.78 is 5.36. The molecule has 2 N–H and O–H groups in total. The first-order valence-corrected chi connectivity index (χ1v) is 12.8. The molecule has 35 heavy (non-hydrogen) atoms. The zero-order valence-electron chi connectivity index (χ0n) is 20.3. The van der Waals surface area contributed by atoms with E-state index < -0.39 is 12.1 Å². The van der Waals surface area contributed by atoms with E-state index in [1.165, 1.54) is 19.3 Å². The quantitative estimate of drug-likeness (QED) is 0.531. The number of hydrogen-bond donors (Lipinski definition) is 2. The molecule has 0 aromatic heterocycles. The van der Waals surface area contributed by atoms with Gasteiger partial charge in [0.25, 0.3) is 5.91 Å². The SMILES string of the molecule is CC(OC(=O)CCNC(=O)C12CC3CC(CC(C3)C1)C2)C(=O)Nc1ccccc1-c1ccccc1. The zero-order chi connectivity index (χ0) is 24.4. The Kier molecular flexibility index (Phi) is 6.63. The van der Waals surface area contributed by atoms with E-state index in [9.17, 15) is 14.4 Å². The molecule has 6 nitrogen and oxygen atoms in total. The van der Waals surface area contributed by atoms with Crippen LogP contribution in [0.2, 0.25) is 0 Å². The van der Waals surface area contributed by atoms with Crippen LogP contribution >= 0.6 is 0 Å². The van der Waals surface area contributed by atoms with Crippen molar-refractivity contribution >= 4 is 23.5 Å². The van der Waals surface area contributed by atoms with Crippen LogP contribution in [0.3, 0.4) is 0 Å². The van der Waals surface area contributed by atoms with Crippen LogP contribution in [0.1, 0.15) is 51.9 Å². The van der Waals surface area contributed by atoms with Crippen LogP contribution in [0.25, 0.3) is 11.1 Å². The monoisotopic (exact) mass is 474 g/mol. The maximum atomic E-state index is 13.0. The molecule has 0 saturated heterocycles. The van der Waals surface area contributed by atoms with Crippen molar-refractivity contribution < 1.29 is 19.1 Å². The summed E-state index contributed by atoms with van der Waals surface area (Å²) in [5, 5.41) is 5.88. The van der Waals surface area contributed by atoms with Crippen molar-refractivity contribution in [3.63, 3.8) is 0 Å². The van der Waals surface area contributed by atoms with Gasteiger partial charge in [-0.25, -0.2) is 0 Å². The molecule has 0 aliphatic heterocycles. The van der Waals surface area contributed by atoms with E-state index in [0.29, 0.717) is 23.4 Å². The summed E-state index contributed by atoms with van der Waals surface area (Å²) in [5.74, 6) is 1.32. The van der Waals surface area contributed by atoms with Crippen LogP contribution in [0, 0.1) is 23.2 Å². The van der Waals surface area contributed by atoms with Gasteiger partial charge in [0.1, 0.15) is 0 Å². The molecular formula is C29H34N2O4. The van der Waals surface area contributed by atoms with Crippen LogP contribution in [0.5, 0.6) is 0 Å². The number of esters is 1. The number of rotatable bonds is 8. The molecule has 6 rings (SSSR count). The Morgan fingerprint density at radius 1 is 0.914 bits per heavy atom. The first-order valence-electron chi connectivity index (χ1n) is 12.8. The minimum absolute atomic E-state index is 0.0519. The van der Waals surface area contributed by atoms with Gasteiger partial charge in [-0.15, -0.1) is 0 Å². The van der Waals surface area contributed by atoms with Gasteiger partial charge < -0.3 is 15.4 Å². The fraction of sp³-hybridized carbons (Fsp3) is 0.483. The molecule has 2 aromatic rings. The van der Waals surface area contributed by atoms with Gasteiger partial charge >= 0.3 is 5.97 Å². The average molecular weight is 475 g/mol. The highest BCUT2D eigenvalue weighted by atomic mass is 16.5. The minimum atomic E-state index is -0.940. The summed E-state index contributed by atoms with van der Waals surface area (Å²) in [6.07, 6.45) is 5.96. The molecule has 4 aliphatic rings. The van der Waals surface area contributed by atoms with Crippen molar-refractivity contribution in [2.75, 3.05) is 11.9 Å². The van der Waals surface area contributed by atoms with Gasteiger partial charge in [0.15, 0.2) is 6.10 Å². The lowest BCUT2D eigenvalue weighted by Crippen LogP contribution is -2.53. The van der Waals surface area contributed by atoms with Gasteiger partial charge in [0.2, 0.25) is 5.91 Å². The van der Waals surface area contributed by atoms with E-state index in [4.69, 9.17) is 4.74 Å². The van der Waals surface area contributed by atoms with Crippen molar-refractivity contribution in [2.24, 2.45) is 23.2 Å². The lowest BCUT2D eigenvalue weighted by atomic mass is 9.49. The summed E-state index contributed by atoms with van der Waals surface area (Å²) in [7, 11) is 0. The largest absolute Gasteiger partial charge is 0.452 e. The van der Waals surface area contributed by atoms with Crippen LogP contribution in [-0.2, 0) is 19.1 Å². The molecule has 0 radical (unpaired) electrons. The third kappa shape index (κ3) is 5.12. The number of benzene rings is 2. The van der Waals surface area contributed by atoms with Gasteiger partial charge in [-0.1, -0.05) is 48.5 Å². The van der Waals surface area contributed by atoms with E-state index in [1.807, 2.05) is 54.6 Å². The van der Waals surface area contributed by atoms with Crippen molar-refractivity contribution in [2.45, 2.75) is 58.0 Å². The molecular weight excluding hydrogens is 440 g/mol. The molecule has 4 bridgehead atoms. The van der Waals surface area contributed by atoms with E-state index in [0.717, 1.165) is 30.4 Å². The highest BCUT2D eigenvalue weighted by Gasteiger charge is 2.54. The fourth-order valence-electron chi connectivity index (χ4n) is 6.86. The Balaban J connectivity index is 1.10. The Labute approximate surface area is 206 Å². The number of hydrogen-bond acceptors (Lipinski definition) is 4. The lowest BCUT2D eigenvalue weighted by molar-refractivity contribution is -0.153. The second-order valence-corrected chi connectivity index (χ2v) is 10.7. The Bertz CT molecular complexity index is 1060. The van der Waals surface area contributed by atoms with E-state index >= 15 is 0 Å². The summed E-state index contributed by atoms with van der Waals surface area (Å²) in [4.78, 5) is 38.1. The molecule has 1 unspecified atom stereocenters. The molecule has 0 heterocycles. The number of para-hydroxylation sites is 1. The van der Waals surface area contributed by atoms with Crippen LogP contribution in [-0.4, -0.2) is 30.4 Å². The third-order valence-corrected chi connectivity index (χ3v) is 8.08. The highest BCUT2D eigenvalue weighted by molar-refractivity contribution is 5.98. The van der Waals surface area contributed by atoms with Crippen molar-refractivity contribution in [3.8, 4) is 11.1 Å². The van der Waals surface area contributed by atoms with Crippen molar-refractivity contribution in [1.29, 1.82) is 0 Å². The summed E-state index contributed by atoms with van der Waals surface area (Å²) in [6, 6.07) is 17.3. The Morgan fingerprint density at radius 3 is 2.17 bits per heavy atom. The average Bonchev–Trinajstić information content (AvgIpc) is 2.84. The van der Waals surface area contributed by atoms with Crippen LogP contribution in [0.15, 0.2) is 54.6 Å². The number of carbonyl (C=O) groups excluding carboxylic acids is 3. The summed E-state index contributed by atoms with van der Waals surface area (Å²) >= 11 is 0. The predicted octanol–water partition coefficient (Wildman–Crippen LogP) is 4.95. The molecule has 2 aromatic carbocycles. The second kappa shape index (κ2) is 9.84. The topological polar surface area (TPSA) is 84.5 Å². The standard InChI is InChI=1S/C29H34N2O4/c1-19(27(33)31-25-10-6-5-9-24(25)23-7-3-2-4-8-23)35-26(32)11-12-30-28(34)29-16-20-13-21(17-29)15-22(14-20)18-29/h2-10,19-22H,11-18H2,1H3,(H,30,34)(H,31,33). The zero-order valence-corrected chi connectivity index (χ0v) is 20.3. The van der Waals surface area contributed by atoms with Crippen molar-refractivity contribution in [3.05, 3.63) is 54.6 Å². The number of carbonyl (C=O) groups is 3. The second-order valence-electron chi connectivity index (χ2n) is 10.7. The first-order chi connectivity index (χ1) is 16.9. The molecule has 4 aliphatic carbocycles. The Morgan fingerprint density at radius 2 is 1.51 bits per heavy atom. The summed E-state index contributed by atoms with van der Waals surface area (Å²) in [5.41, 5.74) is 2.32. The third-order valence-electron chi connectivity index (χ3n) is 8.08. The summed E-state index contributed by atoms with van der Waals surface area (Å²) in [6.45, 7) is 1.80. The fourth-order valence-corrected chi connectivity index (χ4v) is 6.86. The lowest BCUT2D eigenvalue weighted by Gasteiger charge is -2.55. The van der Waals surface area contributed by atoms with Gasteiger partial charge in [-0.3, -0.25) is 14.4 Å². The van der Waals surface area contributed by atoms with Gasteiger partial charge in [0, 0.05) is 23.2 Å². The Hall–Kier alpha value is -3.15. The number of amides is 2. The maximum Gasteiger partial charge on any atom is 0.308 e. The van der Waals surface area contributed by atoms with Crippen molar-refractivity contribution in [1.82, 2.24) is 5.32 Å². The highest BCUT2D eigenvalue weighted by Crippen LogP contribution is 2.60. The van der Waals surface area contributed by atoms with Gasteiger partial charge in [-0.2, -0.15) is 0 Å². The number of ether oxygens (including phenoxy) is 1. The maximum absolute atomic E-state index is 13.0.